The van der Waals surface area contributed by atoms with Crippen LogP contribution >= 0.6 is 0 Å². The van der Waals surface area contributed by atoms with E-state index in [1.807, 2.05) is 4.58 Å². The third kappa shape index (κ3) is 1.85. The first-order valence-corrected chi connectivity index (χ1v) is 3.61. The van der Waals surface area contributed by atoms with Gasteiger partial charge in [0, 0.05) is 5.88 Å². The summed E-state index contributed by atoms with van der Waals surface area (Å²) >= 11 is 0. The van der Waals surface area contributed by atoms with Gasteiger partial charge in [0.05, 0.1) is 13.1 Å². The minimum absolute atomic E-state index is 0.0990. The van der Waals surface area contributed by atoms with E-state index in [1.165, 1.54) is 0 Å². The lowest BCUT2D eigenvalue weighted by Crippen LogP contribution is -2.43. The average molecular weight is 152 g/mol. The van der Waals surface area contributed by atoms with E-state index in [2.05, 4.69) is 19.0 Å². The molecule has 0 bridgehead atoms. The molecule has 0 radical (unpaired) electrons. The third-order valence-corrected chi connectivity index (χ3v) is 1.81. The molecule has 3 heteroatoms. The molecule has 60 valence electrons. The largest absolute Gasteiger partial charge is 0.854 e. The predicted molar refractivity (Wildman–Crippen MR) is 41.3 cm³/mol. The molecule has 0 aliphatic carbocycles. The Morgan fingerprint density at radius 3 is 2.45 bits per heavy atom. The standard InChI is InChI=1S/C8H12N2O/c1-3-8(11)10-6-4-9(2)5-7-10/h1-2,4-7H2. The number of rotatable bonds is 1. The molecule has 0 N–H and O–H groups in total. The van der Waals surface area contributed by atoms with Gasteiger partial charge in [0.1, 0.15) is 6.72 Å². The van der Waals surface area contributed by atoms with Gasteiger partial charge >= 0.3 is 0 Å². The van der Waals surface area contributed by atoms with Crippen molar-refractivity contribution in [2.24, 2.45) is 0 Å². The highest BCUT2D eigenvalue weighted by atomic mass is 16.3. The van der Waals surface area contributed by atoms with Crippen LogP contribution in [0.25, 0.3) is 0 Å². The van der Waals surface area contributed by atoms with Gasteiger partial charge in [-0.1, -0.05) is 6.58 Å². The Hall–Kier alpha value is -1.21. The van der Waals surface area contributed by atoms with Crippen molar-refractivity contribution in [3.05, 3.63) is 18.2 Å². The minimum atomic E-state index is -0.0990. The highest BCUT2D eigenvalue weighted by Crippen LogP contribution is 1.99. The van der Waals surface area contributed by atoms with Gasteiger partial charge in [0.25, 0.3) is 0 Å². The Bertz CT molecular complexity index is 206. The van der Waals surface area contributed by atoms with Crippen molar-refractivity contribution in [1.29, 1.82) is 0 Å². The second kappa shape index (κ2) is 3.26. The molecular formula is C8H12N2O. The molecule has 1 saturated heterocycles. The quantitative estimate of drug-likeness (QED) is 0.274. The van der Waals surface area contributed by atoms with Crippen LogP contribution in [-0.2, 0) is 0 Å². The van der Waals surface area contributed by atoms with Crippen LogP contribution in [0.5, 0.6) is 0 Å². The molecule has 0 saturated carbocycles. The first-order valence-electron chi connectivity index (χ1n) is 3.61. The zero-order valence-electron chi connectivity index (χ0n) is 6.55. The summed E-state index contributed by atoms with van der Waals surface area (Å²) in [6.07, 6.45) is 0. The summed E-state index contributed by atoms with van der Waals surface area (Å²) in [6.45, 7) is 10.2. The molecule has 0 aromatic carbocycles. The van der Waals surface area contributed by atoms with Crippen molar-refractivity contribution in [2.75, 3.05) is 26.2 Å². The monoisotopic (exact) mass is 152 g/mol. The van der Waals surface area contributed by atoms with Gasteiger partial charge in [-0.05, 0) is 0 Å². The van der Waals surface area contributed by atoms with Crippen LogP contribution in [-0.4, -0.2) is 42.4 Å². The summed E-state index contributed by atoms with van der Waals surface area (Å²) in [6, 6.07) is 0. The molecule has 0 amide bonds. The fourth-order valence-corrected chi connectivity index (χ4v) is 1.06. The number of nitrogens with zero attached hydrogens (tertiary/aromatic N) is 2. The van der Waals surface area contributed by atoms with Crippen molar-refractivity contribution >= 4 is 6.72 Å². The topological polar surface area (TPSA) is 29.3 Å². The first kappa shape index (κ1) is 7.89. The summed E-state index contributed by atoms with van der Waals surface area (Å²) in [7, 11) is 0. The average Bonchev–Trinajstić information content (AvgIpc) is 2.05. The molecule has 0 unspecified atom stereocenters. The molecule has 0 spiro atoms. The first-order chi connectivity index (χ1) is 5.24. The predicted octanol–water partition coefficient (Wildman–Crippen LogP) is -0.998. The van der Waals surface area contributed by atoms with Crippen LogP contribution in [0.1, 0.15) is 0 Å². The SMILES string of the molecule is C=C=C([O-])N1CC[N+](=C)CC1. The van der Waals surface area contributed by atoms with Gasteiger partial charge in [0.15, 0.2) is 13.1 Å². The zero-order valence-corrected chi connectivity index (χ0v) is 6.55. The fraction of sp³-hybridized carbons (Fsp3) is 0.500. The van der Waals surface area contributed by atoms with E-state index in [-0.39, 0.29) is 5.88 Å². The number of hydrogen-bond acceptors (Lipinski definition) is 2. The fourth-order valence-electron chi connectivity index (χ4n) is 1.06. The van der Waals surface area contributed by atoms with Crippen molar-refractivity contribution in [3.63, 3.8) is 0 Å². The Morgan fingerprint density at radius 2 is 2.00 bits per heavy atom. The summed E-state index contributed by atoms with van der Waals surface area (Å²) < 4.78 is 1.95. The maximum atomic E-state index is 11.0. The van der Waals surface area contributed by atoms with E-state index in [1.54, 1.807) is 4.90 Å². The Labute approximate surface area is 66.6 Å². The Balaban J connectivity index is 2.52. The lowest BCUT2D eigenvalue weighted by molar-refractivity contribution is -0.534. The molecule has 1 aliphatic rings. The van der Waals surface area contributed by atoms with Crippen LogP contribution < -0.4 is 5.11 Å². The highest BCUT2D eigenvalue weighted by molar-refractivity contribution is 5.14. The maximum absolute atomic E-state index is 11.0. The van der Waals surface area contributed by atoms with Gasteiger partial charge in [-0.3, -0.25) is 0 Å². The molecule has 1 aliphatic heterocycles. The second-order valence-corrected chi connectivity index (χ2v) is 2.59. The molecule has 0 aromatic heterocycles. The van der Waals surface area contributed by atoms with Gasteiger partial charge in [-0.15, -0.1) is 5.73 Å². The van der Waals surface area contributed by atoms with Gasteiger partial charge in [-0.2, -0.15) is 0 Å². The number of hydrogen-bond donors (Lipinski definition) is 0. The summed E-state index contributed by atoms with van der Waals surface area (Å²) in [5.74, 6) is -0.0990. The summed E-state index contributed by atoms with van der Waals surface area (Å²) in [5.41, 5.74) is 2.35. The molecule has 1 heterocycles. The van der Waals surface area contributed by atoms with Gasteiger partial charge in [0.2, 0.25) is 0 Å². The second-order valence-electron chi connectivity index (χ2n) is 2.59. The Kier molecular flexibility index (Phi) is 2.34. The Morgan fingerprint density at radius 1 is 1.45 bits per heavy atom. The third-order valence-electron chi connectivity index (χ3n) is 1.81. The lowest BCUT2D eigenvalue weighted by atomic mass is 10.4. The lowest BCUT2D eigenvalue weighted by Gasteiger charge is -2.30. The molecule has 11 heavy (non-hydrogen) atoms. The highest BCUT2D eigenvalue weighted by Gasteiger charge is 2.14. The van der Waals surface area contributed by atoms with Crippen LogP contribution in [0.4, 0.5) is 0 Å². The molecule has 1 rings (SSSR count). The normalized spacial score (nSPS) is 17.8. The van der Waals surface area contributed by atoms with Crippen LogP contribution in [0.2, 0.25) is 0 Å². The zero-order chi connectivity index (χ0) is 8.27. The molecule has 0 atom stereocenters. The van der Waals surface area contributed by atoms with E-state index in [9.17, 15) is 5.11 Å². The summed E-state index contributed by atoms with van der Waals surface area (Å²) in [5, 5.41) is 11.0. The van der Waals surface area contributed by atoms with E-state index in [0.29, 0.717) is 0 Å². The van der Waals surface area contributed by atoms with E-state index < -0.39 is 0 Å². The summed E-state index contributed by atoms with van der Waals surface area (Å²) in [4.78, 5) is 1.73. The van der Waals surface area contributed by atoms with E-state index in [0.717, 1.165) is 26.2 Å². The van der Waals surface area contributed by atoms with Crippen molar-refractivity contribution < 1.29 is 9.68 Å². The van der Waals surface area contributed by atoms with E-state index >= 15 is 0 Å². The number of piperazine rings is 1. The molecule has 0 aromatic rings. The maximum Gasteiger partial charge on any atom is 0.159 e. The smallest absolute Gasteiger partial charge is 0.159 e. The van der Waals surface area contributed by atoms with E-state index in [4.69, 9.17) is 0 Å². The van der Waals surface area contributed by atoms with Crippen LogP contribution in [0.15, 0.2) is 18.2 Å². The van der Waals surface area contributed by atoms with Gasteiger partial charge in [-0.25, -0.2) is 4.58 Å². The van der Waals surface area contributed by atoms with Crippen molar-refractivity contribution in [3.8, 4) is 0 Å². The van der Waals surface area contributed by atoms with Crippen molar-refractivity contribution in [2.45, 2.75) is 0 Å². The van der Waals surface area contributed by atoms with Gasteiger partial charge < -0.3 is 10.0 Å². The van der Waals surface area contributed by atoms with Crippen LogP contribution in [0, 0.1) is 0 Å². The molecular weight excluding hydrogens is 140 g/mol. The molecule has 1 fully saturated rings. The van der Waals surface area contributed by atoms with Crippen LogP contribution in [0.3, 0.4) is 0 Å². The van der Waals surface area contributed by atoms with Crippen molar-refractivity contribution in [1.82, 2.24) is 4.90 Å². The molecule has 3 nitrogen and oxygen atoms in total. The minimum Gasteiger partial charge on any atom is -0.854 e.